The van der Waals surface area contributed by atoms with Gasteiger partial charge in [0.2, 0.25) is 5.91 Å². The largest absolute Gasteiger partial charge is 0.355 e. The van der Waals surface area contributed by atoms with E-state index in [2.05, 4.69) is 22.2 Å². The molecule has 1 amide bonds. The summed E-state index contributed by atoms with van der Waals surface area (Å²) in [6.45, 7) is 2.83. The Morgan fingerprint density at radius 1 is 1.29 bits per heavy atom. The summed E-state index contributed by atoms with van der Waals surface area (Å²) < 4.78 is 1.89. The number of hydrogen-bond donors (Lipinski definition) is 1. The average Bonchev–Trinajstić information content (AvgIpc) is 3.08. The fourth-order valence-electron chi connectivity index (χ4n) is 2.39. The zero-order valence-electron chi connectivity index (χ0n) is 15.2. The van der Waals surface area contributed by atoms with Gasteiger partial charge in [0.1, 0.15) is 0 Å². The molecule has 0 fully saturated rings. The molecule has 3 aromatic rings. The number of nitrogens with zero attached hydrogens (tertiary/aromatic N) is 2. The predicted octanol–water partition coefficient (Wildman–Crippen LogP) is 6.36. The SMILES string of the molecule is CCCCNC(=O)CSc1nc2ccc(N=Cc3c(Cl)cccc3Cl)cc2s1. The number of thiazole rings is 1. The fourth-order valence-corrected chi connectivity index (χ4v) is 4.82. The maximum absolute atomic E-state index is 11.8. The van der Waals surface area contributed by atoms with Crippen LogP contribution in [0.2, 0.25) is 10.0 Å². The van der Waals surface area contributed by atoms with Crippen molar-refractivity contribution in [1.29, 1.82) is 0 Å². The highest BCUT2D eigenvalue weighted by atomic mass is 35.5. The number of carbonyl (C=O) groups is 1. The van der Waals surface area contributed by atoms with E-state index in [-0.39, 0.29) is 5.91 Å². The summed E-state index contributed by atoms with van der Waals surface area (Å²) in [7, 11) is 0. The summed E-state index contributed by atoms with van der Waals surface area (Å²) in [5.74, 6) is 0.416. The van der Waals surface area contributed by atoms with Crippen molar-refractivity contribution in [2.24, 2.45) is 4.99 Å². The van der Waals surface area contributed by atoms with Crippen LogP contribution < -0.4 is 5.32 Å². The van der Waals surface area contributed by atoms with Crippen LogP contribution in [0.4, 0.5) is 5.69 Å². The van der Waals surface area contributed by atoms with Gasteiger partial charge < -0.3 is 5.32 Å². The number of thioether (sulfide) groups is 1. The smallest absolute Gasteiger partial charge is 0.230 e. The molecule has 0 unspecified atom stereocenters. The molecule has 0 radical (unpaired) electrons. The molecule has 0 aliphatic rings. The standard InChI is InChI=1S/C20H19Cl2N3OS2/c1-2-3-9-23-19(26)12-27-20-25-17-8-7-13(10-18(17)28-20)24-11-14-15(21)5-4-6-16(14)22/h4-8,10-11H,2-3,9,12H2,1H3,(H,23,26). The number of nitrogens with one attached hydrogen (secondary N) is 1. The van der Waals surface area contributed by atoms with Crippen molar-refractivity contribution < 1.29 is 4.79 Å². The first-order chi connectivity index (χ1) is 13.6. The van der Waals surface area contributed by atoms with Crippen LogP contribution >= 0.6 is 46.3 Å². The monoisotopic (exact) mass is 451 g/mol. The van der Waals surface area contributed by atoms with Gasteiger partial charge in [-0.05, 0) is 36.8 Å². The third-order valence-electron chi connectivity index (χ3n) is 3.87. The molecule has 0 atom stereocenters. The number of aliphatic imine (C=N–C) groups is 1. The molecule has 8 heteroatoms. The highest BCUT2D eigenvalue weighted by Crippen LogP contribution is 2.32. The van der Waals surface area contributed by atoms with Crippen molar-refractivity contribution in [1.82, 2.24) is 10.3 Å². The number of halogens is 2. The lowest BCUT2D eigenvalue weighted by atomic mass is 10.2. The van der Waals surface area contributed by atoms with Gasteiger partial charge >= 0.3 is 0 Å². The van der Waals surface area contributed by atoms with Gasteiger partial charge in [0.25, 0.3) is 0 Å². The molecule has 1 N–H and O–H groups in total. The molecule has 0 saturated heterocycles. The fraction of sp³-hybridized carbons (Fsp3) is 0.250. The van der Waals surface area contributed by atoms with E-state index in [1.165, 1.54) is 11.8 Å². The minimum atomic E-state index is 0.0413. The molecule has 1 aromatic heterocycles. The molecule has 0 spiro atoms. The summed E-state index contributed by atoms with van der Waals surface area (Å²) in [5, 5.41) is 4.04. The van der Waals surface area contributed by atoms with Crippen LogP contribution in [0.25, 0.3) is 10.2 Å². The summed E-state index contributed by atoms with van der Waals surface area (Å²) in [6.07, 6.45) is 3.74. The number of fused-ring (bicyclic) bond motifs is 1. The Balaban J connectivity index is 1.67. The quantitative estimate of drug-likeness (QED) is 0.246. The number of rotatable bonds is 8. The number of amides is 1. The molecule has 146 valence electrons. The summed E-state index contributed by atoms with van der Waals surface area (Å²) in [5.41, 5.74) is 2.38. The third-order valence-corrected chi connectivity index (χ3v) is 6.69. The van der Waals surface area contributed by atoms with Crippen molar-refractivity contribution in [2.75, 3.05) is 12.3 Å². The predicted molar refractivity (Wildman–Crippen MR) is 122 cm³/mol. The van der Waals surface area contributed by atoms with Gasteiger partial charge in [-0.3, -0.25) is 9.79 Å². The number of hydrogen-bond acceptors (Lipinski definition) is 5. The van der Waals surface area contributed by atoms with Crippen LogP contribution in [-0.2, 0) is 4.79 Å². The Kier molecular flexibility index (Phi) is 7.73. The molecule has 2 aromatic carbocycles. The Bertz CT molecular complexity index is 984. The number of aromatic nitrogens is 1. The zero-order valence-corrected chi connectivity index (χ0v) is 18.4. The van der Waals surface area contributed by atoms with E-state index in [9.17, 15) is 4.79 Å². The van der Waals surface area contributed by atoms with Crippen LogP contribution in [0.3, 0.4) is 0 Å². The maximum atomic E-state index is 11.8. The van der Waals surface area contributed by atoms with Gasteiger partial charge in [-0.15, -0.1) is 11.3 Å². The van der Waals surface area contributed by atoms with Crippen molar-refractivity contribution >= 4 is 74.3 Å². The first-order valence-corrected chi connectivity index (χ1v) is 11.4. The molecular formula is C20H19Cl2N3OS2. The number of unbranched alkanes of at least 4 members (excludes halogenated alkanes) is 1. The second-order valence-corrected chi connectivity index (χ2v) is 9.09. The van der Waals surface area contributed by atoms with E-state index in [1.54, 1.807) is 35.8 Å². The van der Waals surface area contributed by atoms with Crippen molar-refractivity contribution in [3.05, 3.63) is 52.0 Å². The number of benzene rings is 2. The van der Waals surface area contributed by atoms with Crippen LogP contribution in [0.5, 0.6) is 0 Å². The van der Waals surface area contributed by atoms with E-state index in [0.717, 1.165) is 39.6 Å². The van der Waals surface area contributed by atoms with E-state index < -0.39 is 0 Å². The molecule has 3 rings (SSSR count). The highest BCUT2D eigenvalue weighted by molar-refractivity contribution is 8.01. The Hall–Kier alpha value is -1.60. The summed E-state index contributed by atoms with van der Waals surface area (Å²) in [6, 6.07) is 11.2. The van der Waals surface area contributed by atoms with E-state index in [1.807, 2.05) is 18.2 Å². The molecule has 0 aliphatic carbocycles. The van der Waals surface area contributed by atoms with Crippen LogP contribution in [0.15, 0.2) is 45.7 Å². The van der Waals surface area contributed by atoms with Crippen molar-refractivity contribution in [3.8, 4) is 0 Å². The molecule has 0 aliphatic heterocycles. The molecule has 1 heterocycles. The second kappa shape index (κ2) is 10.3. The Labute approximate surface area is 182 Å². The Morgan fingerprint density at radius 3 is 2.82 bits per heavy atom. The molecular weight excluding hydrogens is 433 g/mol. The molecule has 0 bridgehead atoms. The first kappa shape index (κ1) is 21.1. The van der Waals surface area contributed by atoms with Crippen LogP contribution in [0.1, 0.15) is 25.3 Å². The molecule has 28 heavy (non-hydrogen) atoms. The minimum Gasteiger partial charge on any atom is -0.355 e. The van der Waals surface area contributed by atoms with Crippen LogP contribution in [-0.4, -0.2) is 29.4 Å². The first-order valence-electron chi connectivity index (χ1n) is 8.85. The van der Waals surface area contributed by atoms with E-state index >= 15 is 0 Å². The zero-order chi connectivity index (χ0) is 19.9. The highest BCUT2D eigenvalue weighted by Gasteiger charge is 2.08. The number of carbonyl (C=O) groups excluding carboxylic acids is 1. The van der Waals surface area contributed by atoms with E-state index in [0.29, 0.717) is 21.4 Å². The minimum absolute atomic E-state index is 0.0413. The third kappa shape index (κ3) is 5.70. The van der Waals surface area contributed by atoms with Gasteiger partial charge in [-0.25, -0.2) is 4.98 Å². The second-order valence-electron chi connectivity index (χ2n) is 6.02. The summed E-state index contributed by atoms with van der Waals surface area (Å²) >= 11 is 15.4. The Morgan fingerprint density at radius 2 is 2.07 bits per heavy atom. The van der Waals surface area contributed by atoms with Gasteiger partial charge in [0.05, 0.1) is 31.7 Å². The lowest BCUT2D eigenvalue weighted by Crippen LogP contribution is -2.25. The van der Waals surface area contributed by atoms with Crippen LogP contribution in [0, 0.1) is 0 Å². The van der Waals surface area contributed by atoms with Gasteiger partial charge in [-0.2, -0.15) is 0 Å². The molecule has 0 saturated carbocycles. The van der Waals surface area contributed by atoms with Gasteiger partial charge in [0, 0.05) is 18.3 Å². The van der Waals surface area contributed by atoms with Gasteiger partial charge in [-0.1, -0.05) is 54.4 Å². The summed E-state index contributed by atoms with van der Waals surface area (Å²) in [4.78, 5) is 20.9. The topological polar surface area (TPSA) is 54.4 Å². The lowest BCUT2D eigenvalue weighted by Gasteiger charge is -2.01. The van der Waals surface area contributed by atoms with E-state index in [4.69, 9.17) is 23.2 Å². The van der Waals surface area contributed by atoms with Crippen molar-refractivity contribution in [2.45, 2.75) is 24.1 Å². The van der Waals surface area contributed by atoms with Crippen molar-refractivity contribution in [3.63, 3.8) is 0 Å². The normalized spacial score (nSPS) is 11.4. The lowest BCUT2D eigenvalue weighted by molar-refractivity contribution is -0.118. The maximum Gasteiger partial charge on any atom is 0.230 e. The van der Waals surface area contributed by atoms with Gasteiger partial charge in [0.15, 0.2) is 4.34 Å². The molecule has 4 nitrogen and oxygen atoms in total. The average molecular weight is 452 g/mol.